The van der Waals surface area contributed by atoms with Crippen molar-refractivity contribution < 1.29 is 14.3 Å². The van der Waals surface area contributed by atoms with E-state index in [0.29, 0.717) is 36.3 Å². The number of ether oxygens (including phenoxy) is 2. The van der Waals surface area contributed by atoms with Crippen LogP contribution in [-0.4, -0.2) is 19.1 Å². The molecule has 2 heterocycles. The summed E-state index contributed by atoms with van der Waals surface area (Å²) in [6.07, 6.45) is 1.09. The van der Waals surface area contributed by atoms with Gasteiger partial charge in [0.25, 0.3) is 0 Å². The summed E-state index contributed by atoms with van der Waals surface area (Å²) >= 11 is 7.90. The Hall–Kier alpha value is -1.72. The van der Waals surface area contributed by atoms with E-state index in [1.807, 2.05) is 18.4 Å². The van der Waals surface area contributed by atoms with E-state index in [9.17, 15) is 4.79 Å². The van der Waals surface area contributed by atoms with Crippen LogP contribution in [0, 0.1) is 6.92 Å². The van der Waals surface area contributed by atoms with Gasteiger partial charge >= 0.3 is 0 Å². The number of benzene rings is 1. The molecule has 0 spiro atoms. The first-order valence-corrected chi connectivity index (χ1v) is 8.77. The van der Waals surface area contributed by atoms with Crippen LogP contribution in [0.3, 0.4) is 0 Å². The lowest BCUT2D eigenvalue weighted by Gasteiger charge is -2.11. The van der Waals surface area contributed by atoms with Gasteiger partial charge in [-0.15, -0.1) is 11.3 Å². The van der Waals surface area contributed by atoms with Crippen LogP contribution in [0.2, 0.25) is 5.02 Å². The first kappa shape index (κ1) is 16.1. The van der Waals surface area contributed by atoms with Crippen molar-refractivity contribution in [3.63, 3.8) is 0 Å². The maximum atomic E-state index is 12.1. The van der Waals surface area contributed by atoms with Crippen molar-refractivity contribution in [2.75, 3.05) is 13.2 Å². The summed E-state index contributed by atoms with van der Waals surface area (Å²) < 4.78 is 11.2. The summed E-state index contributed by atoms with van der Waals surface area (Å²) in [5.41, 5.74) is 2.02. The first-order valence-electron chi connectivity index (χ1n) is 7.51. The third-order valence-corrected chi connectivity index (χ3v) is 4.94. The van der Waals surface area contributed by atoms with E-state index in [4.69, 9.17) is 21.1 Å². The van der Waals surface area contributed by atoms with E-state index in [1.54, 1.807) is 17.4 Å². The van der Waals surface area contributed by atoms with Gasteiger partial charge in [-0.25, -0.2) is 0 Å². The molecule has 3 rings (SSSR count). The quantitative estimate of drug-likeness (QED) is 0.913. The lowest BCUT2D eigenvalue weighted by atomic mass is 10.1. The summed E-state index contributed by atoms with van der Waals surface area (Å²) in [6, 6.07) is 5.66. The topological polar surface area (TPSA) is 47.6 Å². The summed E-state index contributed by atoms with van der Waals surface area (Å²) in [5, 5.41) is 5.46. The number of halogens is 1. The summed E-state index contributed by atoms with van der Waals surface area (Å²) in [7, 11) is 0. The molecule has 0 atom stereocenters. The van der Waals surface area contributed by atoms with E-state index >= 15 is 0 Å². The predicted octanol–water partition coefficient (Wildman–Crippen LogP) is 3.73. The van der Waals surface area contributed by atoms with Gasteiger partial charge < -0.3 is 14.8 Å². The van der Waals surface area contributed by atoms with E-state index in [2.05, 4.69) is 11.4 Å². The molecule has 1 aromatic carbocycles. The second-order valence-corrected chi connectivity index (χ2v) is 6.84. The maximum absolute atomic E-state index is 12.1. The highest BCUT2D eigenvalue weighted by Gasteiger charge is 2.16. The van der Waals surface area contributed by atoms with Crippen LogP contribution in [0.4, 0.5) is 0 Å². The zero-order chi connectivity index (χ0) is 16.2. The number of rotatable bonds is 4. The normalized spacial score (nSPS) is 13.5. The molecule has 1 aromatic heterocycles. The Labute approximate surface area is 144 Å². The lowest BCUT2D eigenvalue weighted by molar-refractivity contribution is -0.120. The van der Waals surface area contributed by atoms with Crippen LogP contribution in [0.15, 0.2) is 23.6 Å². The summed E-state index contributed by atoms with van der Waals surface area (Å²) in [5.74, 6) is 1.15. The smallest absolute Gasteiger partial charge is 0.224 e. The van der Waals surface area contributed by atoms with Gasteiger partial charge in [-0.05, 0) is 41.6 Å². The average molecular weight is 352 g/mol. The number of hydrogen-bond acceptors (Lipinski definition) is 4. The summed E-state index contributed by atoms with van der Waals surface area (Å²) in [6.45, 7) is 3.78. The molecule has 0 saturated heterocycles. The van der Waals surface area contributed by atoms with Crippen molar-refractivity contribution in [2.45, 2.75) is 26.3 Å². The number of hydrogen-bond donors (Lipinski definition) is 1. The van der Waals surface area contributed by atoms with Crippen LogP contribution < -0.4 is 14.8 Å². The van der Waals surface area contributed by atoms with Gasteiger partial charge in [0.2, 0.25) is 5.91 Å². The Morgan fingerprint density at radius 1 is 1.35 bits per heavy atom. The molecule has 6 heteroatoms. The van der Waals surface area contributed by atoms with Gasteiger partial charge in [0.15, 0.2) is 11.5 Å². The van der Waals surface area contributed by atoms with Gasteiger partial charge in [-0.1, -0.05) is 11.6 Å². The van der Waals surface area contributed by atoms with Crippen molar-refractivity contribution in [1.82, 2.24) is 5.32 Å². The molecular formula is C17H18ClNO3S. The fraction of sp³-hybridized carbons (Fsp3) is 0.353. The van der Waals surface area contributed by atoms with Crippen molar-refractivity contribution in [2.24, 2.45) is 0 Å². The minimum Gasteiger partial charge on any atom is -0.489 e. The van der Waals surface area contributed by atoms with Crippen molar-refractivity contribution >= 4 is 28.8 Å². The Balaban J connectivity index is 1.65. The molecule has 0 saturated carbocycles. The third-order valence-electron chi connectivity index (χ3n) is 3.64. The standard InChI is InChI=1S/C17H18ClNO3S/c1-11-3-6-23-15(11)10-19-16(20)9-12-7-13(18)17-14(8-12)21-4-2-5-22-17/h3,6-8H,2,4-5,9-10H2,1H3,(H,19,20). The molecule has 122 valence electrons. The number of carbonyl (C=O) groups excluding carboxylic acids is 1. The Morgan fingerprint density at radius 2 is 2.17 bits per heavy atom. The van der Waals surface area contributed by atoms with Gasteiger partial charge in [-0.2, -0.15) is 0 Å². The van der Waals surface area contributed by atoms with Crippen LogP contribution in [0.1, 0.15) is 22.4 Å². The molecule has 1 amide bonds. The fourth-order valence-electron chi connectivity index (χ4n) is 2.40. The molecule has 0 aliphatic carbocycles. The van der Waals surface area contributed by atoms with Crippen LogP contribution >= 0.6 is 22.9 Å². The number of carbonyl (C=O) groups is 1. The molecule has 4 nitrogen and oxygen atoms in total. The van der Waals surface area contributed by atoms with Gasteiger partial charge in [-0.3, -0.25) is 4.79 Å². The molecule has 0 radical (unpaired) electrons. The van der Waals surface area contributed by atoms with Gasteiger partial charge in [0.1, 0.15) is 0 Å². The van der Waals surface area contributed by atoms with Crippen LogP contribution in [0.5, 0.6) is 11.5 Å². The lowest BCUT2D eigenvalue weighted by Crippen LogP contribution is -2.24. The zero-order valence-corrected chi connectivity index (χ0v) is 14.4. The van der Waals surface area contributed by atoms with Crippen molar-refractivity contribution in [3.8, 4) is 11.5 Å². The second kappa shape index (κ2) is 7.23. The summed E-state index contributed by atoms with van der Waals surface area (Å²) in [4.78, 5) is 13.3. The molecule has 23 heavy (non-hydrogen) atoms. The van der Waals surface area contributed by atoms with Gasteiger partial charge in [0, 0.05) is 11.3 Å². The fourth-order valence-corrected chi connectivity index (χ4v) is 3.53. The molecule has 1 N–H and O–H groups in total. The molecule has 0 bridgehead atoms. The predicted molar refractivity (Wildman–Crippen MR) is 91.7 cm³/mol. The third kappa shape index (κ3) is 3.98. The largest absolute Gasteiger partial charge is 0.489 e. The highest BCUT2D eigenvalue weighted by atomic mass is 35.5. The highest BCUT2D eigenvalue weighted by Crippen LogP contribution is 2.38. The average Bonchev–Trinajstić information content (AvgIpc) is 2.77. The molecule has 1 aliphatic rings. The van der Waals surface area contributed by atoms with Crippen molar-refractivity contribution in [3.05, 3.63) is 44.6 Å². The SMILES string of the molecule is Cc1ccsc1CNC(=O)Cc1cc(Cl)c2c(c1)OCCCO2. The molecule has 1 aliphatic heterocycles. The number of fused-ring (bicyclic) bond motifs is 1. The Morgan fingerprint density at radius 3 is 2.96 bits per heavy atom. The van der Waals surface area contributed by atoms with Gasteiger partial charge in [0.05, 0.1) is 31.2 Å². The van der Waals surface area contributed by atoms with Crippen LogP contribution in [0.25, 0.3) is 0 Å². The number of aryl methyl sites for hydroxylation is 1. The molecule has 2 aromatic rings. The Bertz CT molecular complexity index is 714. The maximum Gasteiger partial charge on any atom is 0.224 e. The first-order chi connectivity index (χ1) is 11.1. The minimum atomic E-state index is -0.0386. The van der Waals surface area contributed by atoms with Crippen LogP contribution in [-0.2, 0) is 17.8 Å². The minimum absolute atomic E-state index is 0.0386. The van der Waals surface area contributed by atoms with E-state index in [-0.39, 0.29) is 12.3 Å². The second-order valence-electron chi connectivity index (χ2n) is 5.44. The molecule has 0 fully saturated rings. The van der Waals surface area contributed by atoms with Crippen molar-refractivity contribution in [1.29, 1.82) is 0 Å². The Kier molecular flexibility index (Phi) is 5.08. The van der Waals surface area contributed by atoms with E-state index < -0.39 is 0 Å². The molecular weight excluding hydrogens is 334 g/mol. The number of amides is 1. The monoisotopic (exact) mass is 351 g/mol. The van der Waals surface area contributed by atoms with E-state index in [0.717, 1.165) is 12.0 Å². The molecule has 0 unspecified atom stereocenters. The number of thiophene rings is 1. The van der Waals surface area contributed by atoms with E-state index in [1.165, 1.54) is 10.4 Å². The highest BCUT2D eigenvalue weighted by molar-refractivity contribution is 7.10. The number of nitrogens with one attached hydrogen (secondary N) is 1. The zero-order valence-electron chi connectivity index (χ0n) is 12.9.